The summed E-state index contributed by atoms with van der Waals surface area (Å²) in [6.45, 7) is 0. The van der Waals surface area contributed by atoms with E-state index in [1.165, 1.54) is 0 Å². The van der Waals surface area contributed by atoms with Crippen molar-refractivity contribution in [1.82, 2.24) is 8.80 Å². The zero-order valence-electron chi connectivity index (χ0n) is 24.1. The molecule has 10 rings (SSSR count). The molecule has 0 unspecified atom stereocenters. The van der Waals surface area contributed by atoms with Gasteiger partial charge in [-0.05, 0) is 59.7 Å². The third-order valence-corrected chi connectivity index (χ3v) is 10.5. The van der Waals surface area contributed by atoms with Gasteiger partial charge in [0.2, 0.25) is 0 Å². The number of fused-ring (bicyclic) bond motifs is 8. The summed E-state index contributed by atoms with van der Waals surface area (Å²) in [5, 5.41) is 6.32. The molecule has 6 aromatic carbocycles. The van der Waals surface area contributed by atoms with Crippen LogP contribution in [-0.2, 0) is 0 Å². The van der Waals surface area contributed by atoms with E-state index in [4.69, 9.17) is 24.4 Å². The molecule has 4 nitrogen and oxygen atoms in total. The molecule has 214 valence electrons. The van der Waals surface area contributed by atoms with Crippen molar-refractivity contribution in [1.29, 1.82) is 0 Å². The Morgan fingerprint density at radius 2 is 0.761 bits per heavy atom. The van der Waals surface area contributed by atoms with E-state index in [9.17, 15) is 9.59 Å². The molecule has 4 aromatic heterocycles. The first kappa shape index (κ1) is 25.7. The molecule has 4 heterocycles. The van der Waals surface area contributed by atoms with Crippen molar-refractivity contribution in [3.63, 3.8) is 0 Å². The summed E-state index contributed by atoms with van der Waals surface area (Å²) in [7, 11) is 0. The highest BCUT2D eigenvalue weighted by atomic mass is 32.1. The van der Waals surface area contributed by atoms with Gasteiger partial charge in [0.1, 0.15) is 0 Å². The highest BCUT2D eigenvalue weighted by molar-refractivity contribution is 7.72. The van der Waals surface area contributed by atoms with Gasteiger partial charge in [-0.3, -0.25) is 9.59 Å². The number of hydrogen-bond donors (Lipinski definition) is 0. The van der Waals surface area contributed by atoms with Crippen LogP contribution >= 0.6 is 24.4 Å². The zero-order chi connectivity index (χ0) is 30.8. The fourth-order valence-electron chi connectivity index (χ4n) is 7.52. The first-order chi connectivity index (χ1) is 22.5. The quantitative estimate of drug-likeness (QED) is 0.104. The zero-order valence-corrected chi connectivity index (χ0v) is 25.7. The fraction of sp³-hybridized carbons (Fsp3) is 0. The molecule has 0 bridgehead atoms. The van der Waals surface area contributed by atoms with Gasteiger partial charge in [-0.2, -0.15) is 0 Å². The van der Waals surface area contributed by atoms with E-state index in [2.05, 4.69) is 57.3 Å². The van der Waals surface area contributed by atoms with Crippen molar-refractivity contribution >= 4 is 101 Å². The second-order valence-corrected chi connectivity index (χ2v) is 12.7. The van der Waals surface area contributed by atoms with Gasteiger partial charge in [0, 0.05) is 43.1 Å². The number of pyridine rings is 4. The van der Waals surface area contributed by atoms with Crippen LogP contribution in [0.3, 0.4) is 0 Å². The Kier molecular flexibility index (Phi) is 5.04. The minimum atomic E-state index is -0.0809. The number of aromatic nitrogens is 2. The van der Waals surface area contributed by atoms with Crippen molar-refractivity contribution in [2.45, 2.75) is 0 Å². The van der Waals surface area contributed by atoms with Crippen molar-refractivity contribution in [3.8, 4) is 11.1 Å². The number of hydrogen-bond acceptors (Lipinski definition) is 4. The summed E-state index contributed by atoms with van der Waals surface area (Å²) in [4.78, 5) is 27.4. The summed E-state index contributed by atoms with van der Waals surface area (Å²) in [6.07, 6.45) is 0. The molecular weight excluding hydrogens is 605 g/mol. The molecule has 0 saturated carbocycles. The molecule has 0 radical (unpaired) electrons. The number of rotatable bonds is 1. The average Bonchev–Trinajstić information content (AvgIpc) is 3.10. The van der Waals surface area contributed by atoms with Crippen molar-refractivity contribution in [3.05, 3.63) is 151 Å². The molecule has 0 spiro atoms. The summed E-state index contributed by atoms with van der Waals surface area (Å²) in [6, 6.07) is 39.9. The summed E-state index contributed by atoms with van der Waals surface area (Å²) in [5.74, 6) is 0. The smallest absolute Gasteiger partial charge is 0.197 e. The van der Waals surface area contributed by atoms with E-state index in [-0.39, 0.29) is 10.9 Å². The second kappa shape index (κ2) is 9.01. The average molecular weight is 625 g/mol. The van der Waals surface area contributed by atoms with E-state index in [1.54, 1.807) is 6.07 Å². The summed E-state index contributed by atoms with van der Waals surface area (Å²) in [5.41, 5.74) is 7.04. The van der Waals surface area contributed by atoms with Crippen LogP contribution < -0.4 is 10.9 Å². The monoisotopic (exact) mass is 624 g/mol. The lowest BCUT2D eigenvalue weighted by Crippen LogP contribution is -2.14. The first-order valence-electron chi connectivity index (χ1n) is 15.0. The number of para-hydroxylation sites is 4. The Labute approximate surface area is 270 Å². The van der Waals surface area contributed by atoms with Crippen LogP contribution in [0.4, 0.5) is 0 Å². The number of nitrogens with zero attached hydrogens (tertiary/aromatic N) is 2. The number of benzene rings is 6. The van der Waals surface area contributed by atoms with Gasteiger partial charge in [0.15, 0.2) is 10.9 Å². The van der Waals surface area contributed by atoms with E-state index < -0.39 is 0 Å². The molecular formula is C40H20N2O2S2. The first-order valence-corrected chi connectivity index (χ1v) is 15.8. The van der Waals surface area contributed by atoms with Crippen LogP contribution in [0.5, 0.6) is 0 Å². The molecule has 10 aromatic rings. The SMILES string of the molecule is O=c1c2ccccc2n2c3cc(-c4ccc5c(=S)c6cccc7c(=S)c8ccccc8n(c5c4)c76)ccc3c(=O)c3cccc1c32. The van der Waals surface area contributed by atoms with Gasteiger partial charge in [0.05, 0.1) is 42.1 Å². The Morgan fingerprint density at radius 1 is 0.370 bits per heavy atom. The predicted molar refractivity (Wildman–Crippen MR) is 195 cm³/mol. The largest absolute Gasteiger partial charge is 0.308 e. The van der Waals surface area contributed by atoms with Gasteiger partial charge in [-0.25, -0.2) is 0 Å². The third-order valence-electron chi connectivity index (χ3n) is 9.58. The Hall–Kier alpha value is -5.56. The molecule has 0 aliphatic carbocycles. The maximum Gasteiger partial charge on any atom is 0.197 e. The van der Waals surface area contributed by atoms with Gasteiger partial charge < -0.3 is 8.80 Å². The molecule has 0 aliphatic heterocycles. The lowest BCUT2D eigenvalue weighted by Gasteiger charge is -2.17. The molecule has 0 aliphatic rings. The fourth-order valence-corrected chi connectivity index (χ4v) is 8.20. The van der Waals surface area contributed by atoms with E-state index in [0.29, 0.717) is 27.1 Å². The summed E-state index contributed by atoms with van der Waals surface area (Å²) < 4.78 is 6.00. The third kappa shape index (κ3) is 3.17. The maximum atomic E-state index is 13.9. The van der Waals surface area contributed by atoms with Crippen molar-refractivity contribution < 1.29 is 0 Å². The van der Waals surface area contributed by atoms with Gasteiger partial charge in [-0.15, -0.1) is 0 Å². The molecule has 0 N–H and O–H groups in total. The highest BCUT2D eigenvalue weighted by Crippen LogP contribution is 2.36. The maximum absolute atomic E-state index is 13.9. The van der Waals surface area contributed by atoms with Gasteiger partial charge >= 0.3 is 0 Å². The normalized spacial score (nSPS) is 12.3. The molecule has 6 heteroatoms. The summed E-state index contributed by atoms with van der Waals surface area (Å²) >= 11 is 12.1. The molecule has 0 saturated heterocycles. The van der Waals surface area contributed by atoms with E-state index in [1.807, 2.05) is 66.7 Å². The van der Waals surface area contributed by atoms with Crippen molar-refractivity contribution in [2.24, 2.45) is 0 Å². The van der Waals surface area contributed by atoms with Crippen LogP contribution in [0.25, 0.3) is 87.3 Å². The van der Waals surface area contributed by atoms with Crippen LogP contribution in [-0.4, -0.2) is 8.80 Å². The molecule has 0 fully saturated rings. The van der Waals surface area contributed by atoms with Crippen LogP contribution in [0.15, 0.2) is 131 Å². The highest BCUT2D eigenvalue weighted by Gasteiger charge is 2.18. The lowest BCUT2D eigenvalue weighted by molar-refractivity contribution is 1.31. The predicted octanol–water partition coefficient (Wildman–Crippen LogP) is 9.83. The van der Waals surface area contributed by atoms with Crippen LogP contribution in [0, 0.1) is 9.02 Å². The minimum Gasteiger partial charge on any atom is -0.308 e. The van der Waals surface area contributed by atoms with Crippen LogP contribution in [0.2, 0.25) is 0 Å². The molecule has 0 amide bonds. The lowest BCUT2D eigenvalue weighted by atomic mass is 9.98. The standard InChI is InChI=1S/C40H20N2O2S2/c43-37-23-7-1-3-13-31(23)41-33-19-21(15-17-24(33)38(44)28-10-5-9-27(37)35(28)41)22-16-18-26-34(20-22)42-32-14-4-2-8-25(32)39(45)29-11-6-12-30(36(29)42)40(26)46/h1-20H. The molecule has 46 heavy (non-hydrogen) atoms. The van der Waals surface area contributed by atoms with E-state index in [0.717, 1.165) is 69.3 Å². The van der Waals surface area contributed by atoms with Gasteiger partial charge in [0.25, 0.3) is 0 Å². The minimum absolute atomic E-state index is 0.0669. The topological polar surface area (TPSA) is 43.0 Å². The Morgan fingerprint density at radius 3 is 1.37 bits per heavy atom. The Balaban J connectivity index is 1.37. The van der Waals surface area contributed by atoms with Crippen LogP contribution in [0.1, 0.15) is 0 Å². The second-order valence-electron chi connectivity index (χ2n) is 11.9. The van der Waals surface area contributed by atoms with E-state index >= 15 is 0 Å². The Bertz CT molecular complexity index is 2980. The molecule has 0 atom stereocenters. The van der Waals surface area contributed by atoms with Crippen molar-refractivity contribution in [2.75, 3.05) is 0 Å². The van der Waals surface area contributed by atoms with Gasteiger partial charge in [-0.1, -0.05) is 97.2 Å².